The first-order valence-corrected chi connectivity index (χ1v) is 19.4. The maximum absolute atomic E-state index is 13.7. The number of phosphoric acid groups is 1. The van der Waals surface area contributed by atoms with E-state index in [2.05, 4.69) is 36.2 Å². The summed E-state index contributed by atoms with van der Waals surface area (Å²) in [6, 6.07) is -1.30. The molecule has 1 aliphatic heterocycles. The number of hydrogen-bond donors (Lipinski definition) is 8. The van der Waals surface area contributed by atoms with Gasteiger partial charge < -0.3 is 46.9 Å². The summed E-state index contributed by atoms with van der Waals surface area (Å²) in [6.07, 6.45) is 4.74. The van der Waals surface area contributed by atoms with Crippen LogP contribution < -0.4 is 27.0 Å². The summed E-state index contributed by atoms with van der Waals surface area (Å²) < 4.78 is 22.7. The van der Waals surface area contributed by atoms with Crippen molar-refractivity contribution < 1.29 is 52.4 Å². The van der Waals surface area contributed by atoms with Gasteiger partial charge >= 0.3 is 7.82 Å². The second-order valence-electron chi connectivity index (χ2n) is 13.6. The first-order chi connectivity index (χ1) is 26.0. The van der Waals surface area contributed by atoms with Gasteiger partial charge in [-0.05, 0) is 57.1 Å². The maximum atomic E-state index is 13.7. The number of nitrogens with one attached hydrogen (secondary N) is 5. The molecule has 0 saturated carbocycles. The minimum atomic E-state index is -4.75. The number of carbonyl (C=O) groups excluding carboxylic acids is 6. The zero-order valence-electron chi connectivity index (χ0n) is 31.3. The van der Waals surface area contributed by atoms with Gasteiger partial charge in [-0.3, -0.25) is 42.8 Å². The first-order valence-electron chi connectivity index (χ1n) is 17.9. The van der Waals surface area contributed by atoms with Crippen LogP contribution in [0.25, 0.3) is 0 Å². The highest BCUT2D eigenvalue weighted by Gasteiger charge is 2.37. The van der Waals surface area contributed by atoms with Crippen molar-refractivity contribution >= 4 is 43.3 Å². The van der Waals surface area contributed by atoms with Gasteiger partial charge in [-0.1, -0.05) is 19.9 Å². The standard InChI is InChI=1S/C34H52N9O11P/c1-20(2)15-25(40-34(50)28-11-7-13-43(28)22(4)45)31(47)39-26(16-24-17-36-19-38-24)32(48)41-27(18-44)33(49)42-29(30(35)46)21(3)54-55(51,52)53-14-8-10-23-9-5-6-12-37-23/h5-6,9,12,17,19-21,25-29,44H,7-8,10-11,13-16,18H2,1-4H3,(H2,35,46)(H,36,38)(H,39,47)(H,40,50)(H,41,48)(H,42,49)(H,51,52)/t21-,25+,26+,27+,28+,29+/m1/s1. The Labute approximate surface area is 318 Å². The summed E-state index contributed by atoms with van der Waals surface area (Å²) in [4.78, 5) is 101. The van der Waals surface area contributed by atoms with Crippen LogP contribution in [0.15, 0.2) is 36.9 Å². The lowest BCUT2D eigenvalue weighted by Crippen LogP contribution is -2.61. The number of primary amides is 1. The summed E-state index contributed by atoms with van der Waals surface area (Å²) in [5.41, 5.74) is 6.63. The Balaban J connectivity index is 1.67. The Kier molecular flexibility index (Phi) is 17.3. The van der Waals surface area contributed by atoms with Gasteiger partial charge in [0.1, 0.15) is 30.2 Å². The number of likely N-dealkylation sites (tertiary alicyclic amines) is 1. The van der Waals surface area contributed by atoms with Gasteiger partial charge in [-0.25, -0.2) is 9.55 Å². The van der Waals surface area contributed by atoms with Crippen molar-refractivity contribution in [2.45, 2.75) is 103 Å². The molecule has 0 bridgehead atoms. The van der Waals surface area contributed by atoms with E-state index in [0.717, 1.165) is 5.69 Å². The molecule has 1 fully saturated rings. The molecule has 304 valence electrons. The summed E-state index contributed by atoms with van der Waals surface area (Å²) in [7, 11) is -4.75. The van der Waals surface area contributed by atoms with Gasteiger partial charge in [0.05, 0.1) is 25.6 Å². The van der Waals surface area contributed by atoms with Crippen LogP contribution in [0.2, 0.25) is 0 Å². The Morgan fingerprint density at radius 2 is 1.73 bits per heavy atom. The second kappa shape index (κ2) is 21.4. The number of amides is 6. The quantitative estimate of drug-likeness (QED) is 0.0524. The summed E-state index contributed by atoms with van der Waals surface area (Å²) in [5.74, 6) is -4.76. The molecule has 2 aromatic heterocycles. The zero-order chi connectivity index (χ0) is 40.7. The van der Waals surface area contributed by atoms with Crippen LogP contribution in [-0.2, 0) is 55.2 Å². The largest absolute Gasteiger partial charge is 0.472 e. The molecule has 0 aromatic carbocycles. The number of aliphatic hydroxyl groups excluding tert-OH is 1. The van der Waals surface area contributed by atoms with Gasteiger partial charge in [-0.15, -0.1) is 0 Å². The second-order valence-corrected chi connectivity index (χ2v) is 15.0. The van der Waals surface area contributed by atoms with Crippen LogP contribution in [0.4, 0.5) is 0 Å². The minimum Gasteiger partial charge on any atom is -0.394 e. The SMILES string of the molecule is CC(=O)N1CCC[C@H]1C(=O)N[C@@H](CC(C)C)C(=O)N[C@@H](Cc1cnc[nH]1)C(=O)N[C@@H](CO)C(=O)N[C@H](C(N)=O)[C@@H](C)OP(=O)(O)OCCCc1ccccn1. The number of H-pyrrole nitrogens is 1. The third kappa shape index (κ3) is 14.4. The third-order valence-electron chi connectivity index (χ3n) is 8.66. The fraction of sp³-hybridized carbons (Fsp3) is 0.588. The topological polar surface area (TPSA) is 297 Å². The van der Waals surface area contributed by atoms with E-state index in [-0.39, 0.29) is 31.3 Å². The van der Waals surface area contributed by atoms with Gasteiger partial charge in [0.2, 0.25) is 35.4 Å². The normalized spacial score (nSPS) is 17.9. The lowest BCUT2D eigenvalue weighted by Gasteiger charge is -2.28. The number of hydrogen-bond acceptors (Lipinski definition) is 12. The Morgan fingerprint density at radius 1 is 1.04 bits per heavy atom. The lowest BCUT2D eigenvalue weighted by molar-refractivity contribution is -0.139. The van der Waals surface area contributed by atoms with Crippen LogP contribution >= 0.6 is 7.82 Å². The van der Waals surface area contributed by atoms with Crippen LogP contribution in [0.5, 0.6) is 0 Å². The molecule has 0 aliphatic carbocycles. The average Bonchev–Trinajstić information content (AvgIpc) is 3.83. The fourth-order valence-electron chi connectivity index (χ4n) is 5.91. The highest BCUT2D eigenvalue weighted by molar-refractivity contribution is 7.47. The van der Waals surface area contributed by atoms with Crippen LogP contribution in [0, 0.1) is 5.92 Å². The molecular weight excluding hydrogens is 741 g/mol. The smallest absolute Gasteiger partial charge is 0.394 e. The van der Waals surface area contributed by atoms with Crippen LogP contribution in [0.3, 0.4) is 0 Å². The van der Waals surface area contributed by atoms with Gasteiger partial charge in [0, 0.05) is 43.7 Å². The number of rotatable bonds is 22. The summed E-state index contributed by atoms with van der Waals surface area (Å²) in [5, 5.41) is 20.0. The number of aromatic amines is 1. The number of aliphatic hydroxyl groups is 1. The number of aromatic nitrogens is 3. The van der Waals surface area contributed by atoms with Crippen molar-refractivity contribution in [3.05, 3.63) is 48.3 Å². The number of pyridine rings is 1. The van der Waals surface area contributed by atoms with E-state index in [1.807, 2.05) is 13.8 Å². The predicted molar refractivity (Wildman–Crippen MR) is 195 cm³/mol. The number of carbonyl (C=O) groups is 6. The van der Waals surface area contributed by atoms with Crippen LogP contribution in [-0.4, -0.2) is 121 Å². The van der Waals surface area contributed by atoms with Crippen molar-refractivity contribution in [3.63, 3.8) is 0 Å². The molecular formula is C34H52N9O11P. The van der Waals surface area contributed by atoms with E-state index in [4.69, 9.17) is 14.8 Å². The average molecular weight is 794 g/mol. The van der Waals surface area contributed by atoms with E-state index in [1.54, 1.807) is 24.4 Å². The van der Waals surface area contributed by atoms with E-state index >= 15 is 0 Å². The number of nitrogens with two attached hydrogens (primary N) is 1. The van der Waals surface area contributed by atoms with Gasteiger partial charge in [0.15, 0.2) is 0 Å². The van der Waals surface area contributed by atoms with E-state index in [1.165, 1.54) is 31.3 Å². The molecule has 6 amide bonds. The lowest BCUT2D eigenvalue weighted by atomic mass is 10.0. The Morgan fingerprint density at radius 3 is 2.33 bits per heavy atom. The van der Waals surface area contributed by atoms with Crippen LogP contribution in [0.1, 0.15) is 64.8 Å². The highest BCUT2D eigenvalue weighted by atomic mass is 31.2. The molecule has 9 N–H and O–H groups in total. The van der Waals surface area contributed by atoms with Crippen molar-refractivity contribution in [2.75, 3.05) is 19.8 Å². The molecule has 0 radical (unpaired) electrons. The first kappa shape index (κ1) is 44.6. The van der Waals surface area contributed by atoms with Crippen molar-refractivity contribution in [3.8, 4) is 0 Å². The number of aryl methyl sites for hydroxylation is 1. The number of nitrogens with zero attached hydrogens (tertiary/aromatic N) is 3. The fourth-order valence-corrected chi connectivity index (χ4v) is 6.87. The summed E-state index contributed by atoms with van der Waals surface area (Å²) in [6.45, 7) is 5.48. The molecule has 7 atom stereocenters. The van der Waals surface area contributed by atoms with Gasteiger partial charge in [0.25, 0.3) is 0 Å². The van der Waals surface area contributed by atoms with Crippen molar-refractivity contribution in [1.29, 1.82) is 0 Å². The molecule has 21 heteroatoms. The highest BCUT2D eigenvalue weighted by Crippen LogP contribution is 2.45. The number of imidazole rings is 1. The molecule has 55 heavy (non-hydrogen) atoms. The molecule has 1 aliphatic rings. The molecule has 3 rings (SSSR count). The van der Waals surface area contributed by atoms with Crippen molar-refractivity contribution in [1.82, 2.24) is 41.1 Å². The Hall–Kier alpha value is -4.75. The minimum absolute atomic E-state index is 0.0704. The molecule has 0 spiro atoms. The van der Waals surface area contributed by atoms with Gasteiger partial charge in [-0.2, -0.15) is 0 Å². The molecule has 20 nitrogen and oxygen atoms in total. The molecule has 1 saturated heterocycles. The van der Waals surface area contributed by atoms with E-state index in [9.17, 15) is 43.3 Å². The van der Waals surface area contributed by atoms with E-state index in [0.29, 0.717) is 37.9 Å². The number of phosphoric ester groups is 1. The maximum Gasteiger partial charge on any atom is 0.472 e. The molecule has 3 heterocycles. The predicted octanol–water partition coefficient (Wildman–Crippen LogP) is -1.02. The third-order valence-corrected chi connectivity index (χ3v) is 9.77. The van der Waals surface area contributed by atoms with Crippen molar-refractivity contribution in [2.24, 2.45) is 11.7 Å². The monoisotopic (exact) mass is 793 g/mol. The zero-order valence-corrected chi connectivity index (χ0v) is 32.2. The molecule has 2 aromatic rings. The Bertz CT molecular complexity index is 1650. The van der Waals surface area contributed by atoms with E-state index < -0.39 is 80.3 Å². The molecule has 1 unspecified atom stereocenters. The summed E-state index contributed by atoms with van der Waals surface area (Å²) >= 11 is 0.